The molecule has 0 radical (unpaired) electrons. The lowest BCUT2D eigenvalue weighted by Crippen LogP contribution is -2.38. The van der Waals surface area contributed by atoms with Crippen molar-refractivity contribution in [1.82, 2.24) is 14.9 Å². The largest absolute Gasteiger partial charge is 0.339 e. The average molecular weight is 331 g/mol. The lowest BCUT2D eigenvalue weighted by molar-refractivity contribution is 0.0690. The Balaban J connectivity index is 1.37. The van der Waals surface area contributed by atoms with Gasteiger partial charge in [-0.3, -0.25) is 14.8 Å². The van der Waals surface area contributed by atoms with Crippen LogP contribution in [0.15, 0.2) is 61.1 Å². The lowest BCUT2D eigenvalue weighted by Gasteiger charge is -2.32. The second-order valence-corrected chi connectivity index (χ2v) is 6.71. The maximum atomic E-state index is 12.5. The van der Waals surface area contributed by atoms with Gasteiger partial charge in [0, 0.05) is 42.6 Å². The van der Waals surface area contributed by atoms with Crippen LogP contribution in [0.4, 0.5) is 0 Å². The minimum atomic E-state index is 0.119. The number of rotatable bonds is 3. The first-order valence-corrected chi connectivity index (χ1v) is 8.82. The molecule has 0 N–H and O–H groups in total. The molecule has 1 aromatic carbocycles. The van der Waals surface area contributed by atoms with Crippen LogP contribution in [-0.4, -0.2) is 33.9 Å². The number of carbonyl (C=O) groups is 1. The molecule has 1 amide bonds. The highest BCUT2D eigenvalue weighted by Crippen LogP contribution is 2.24. The third kappa shape index (κ3) is 3.53. The Labute approximate surface area is 147 Å². The van der Waals surface area contributed by atoms with Gasteiger partial charge in [0.1, 0.15) is 0 Å². The molecule has 0 saturated carbocycles. The maximum Gasteiger partial charge on any atom is 0.253 e. The molecule has 0 aliphatic carbocycles. The van der Waals surface area contributed by atoms with Crippen molar-refractivity contribution in [1.29, 1.82) is 0 Å². The number of benzene rings is 1. The smallest absolute Gasteiger partial charge is 0.253 e. The minimum Gasteiger partial charge on any atom is -0.339 e. The molecule has 3 aromatic rings. The zero-order valence-electron chi connectivity index (χ0n) is 14.1. The Morgan fingerprint density at radius 1 is 1.08 bits per heavy atom. The van der Waals surface area contributed by atoms with E-state index in [2.05, 4.69) is 28.2 Å². The molecular formula is C21H21N3O. The van der Waals surface area contributed by atoms with E-state index in [1.165, 1.54) is 10.9 Å². The molecule has 4 nitrogen and oxygen atoms in total. The van der Waals surface area contributed by atoms with E-state index in [4.69, 9.17) is 0 Å². The summed E-state index contributed by atoms with van der Waals surface area (Å²) in [6.45, 7) is 1.65. The molecule has 1 aliphatic heterocycles. The minimum absolute atomic E-state index is 0.119. The molecular weight excluding hydrogens is 310 g/mol. The Hall–Kier alpha value is -2.75. The highest BCUT2D eigenvalue weighted by molar-refractivity contribution is 5.94. The number of nitrogens with zero attached hydrogens (tertiary/aromatic N) is 3. The third-order valence-electron chi connectivity index (χ3n) is 5.00. The molecule has 2 aromatic heterocycles. The van der Waals surface area contributed by atoms with Gasteiger partial charge in [-0.25, -0.2) is 0 Å². The van der Waals surface area contributed by atoms with Gasteiger partial charge in [0.2, 0.25) is 0 Å². The molecule has 126 valence electrons. The van der Waals surface area contributed by atoms with E-state index >= 15 is 0 Å². The Kier molecular flexibility index (Phi) is 4.42. The van der Waals surface area contributed by atoms with Crippen LogP contribution in [0.1, 0.15) is 28.8 Å². The van der Waals surface area contributed by atoms with E-state index in [-0.39, 0.29) is 5.91 Å². The van der Waals surface area contributed by atoms with Crippen molar-refractivity contribution in [3.63, 3.8) is 0 Å². The van der Waals surface area contributed by atoms with Gasteiger partial charge in [0.05, 0.1) is 5.52 Å². The first-order valence-electron chi connectivity index (χ1n) is 8.82. The molecule has 0 bridgehead atoms. The predicted molar refractivity (Wildman–Crippen MR) is 98.3 cm³/mol. The number of pyridine rings is 2. The number of hydrogen-bond donors (Lipinski definition) is 0. The van der Waals surface area contributed by atoms with Crippen molar-refractivity contribution < 1.29 is 4.79 Å². The van der Waals surface area contributed by atoms with Crippen molar-refractivity contribution in [3.8, 4) is 0 Å². The SMILES string of the molecule is O=C(c1ccncc1)N1CCC(Cc2cnc3ccccc3c2)CC1. The molecule has 3 heterocycles. The zero-order valence-corrected chi connectivity index (χ0v) is 14.1. The molecule has 0 atom stereocenters. The predicted octanol–water partition coefficient (Wildman–Crippen LogP) is 3.72. The Morgan fingerprint density at radius 3 is 2.64 bits per heavy atom. The van der Waals surface area contributed by atoms with Crippen molar-refractivity contribution in [2.45, 2.75) is 19.3 Å². The van der Waals surface area contributed by atoms with Gasteiger partial charge in [-0.2, -0.15) is 0 Å². The van der Waals surface area contributed by atoms with Crippen LogP contribution in [0.5, 0.6) is 0 Å². The zero-order chi connectivity index (χ0) is 17.1. The van der Waals surface area contributed by atoms with Gasteiger partial charge < -0.3 is 4.90 Å². The van der Waals surface area contributed by atoms with Gasteiger partial charge in [0.25, 0.3) is 5.91 Å². The third-order valence-corrected chi connectivity index (χ3v) is 5.00. The standard InChI is InChI=1S/C21H21N3O/c25-21(18-5-9-22-10-6-18)24-11-7-16(8-12-24)13-17-14-19-3-1-2-4-20(19)23-15-17/h1-6,9-10,14-16H,7-8,11-13H2. The summed E-state index contributed by atoms with van der Waals surface area (Å²) in [5.74, 6) is 0.734. The summed E-state index contributed by atoms with van der Waals surface area (Å²) in [5.41, 5.74) is 3.06. The number of aromatic nitrogens is 2. The average Bonchev–Trinajstić information content (AvgIpc) is 2.69. The lowest BCUT2D eigenvalue weighted by atomic mass is 9.90. The molecule has 1 fully saturated rings. The fourth-order valence-corrected chi connectivity index (χ4v) is 3.58. The van der Waals surface area contributed by atoms with Crippen LogP contribution in [-0.2, 0) is 6.42 Å². The van der Waals surface area contributed by atoms with Crippen molar-refractivity contribution in [3.05, 3.63) is 72.2 Å². The van der Waals surface area contributed by atoms with Crippen LogP contribution >= 0.6 is 0 Å². The highest BCUT2D eigenvalue weighted by atomic mass is 16.2. The summed E-state index contributed by atoms with van der Waals surface area (Å²) in [6, 6.07) is 14.0. The molecule has 0 unspecified atom stereocenters. The first kappa shape index (κ1) is 15.8. The van der Waals surface area contributed by atoms with E-state index in [1.807, 2.05) is 23.2 Å². The summed E-state index contributed by atoms with van der Waals surface area (Å²) in [5, 5.41) is 1.20. The van der Waals surface area contributed by atoms with Crippen LogP contribution in [0.25, 0.3) is 10.9 Å². The Morgan fingerprint density at radius 2 is 1.84 bits per heavy atom. The Bertz CT molecular complexity index is 870. The van der Waals surface area contributed by atoms with E-state index in [0.29, 0.717) is 5.92 Å². The summed E-state index contributed by atoms with van der Waals surface area (Å²) in [4.78, 5) is 23.0. The topological polar surface area (TPSA) is 46.1 Å². The number of likely N-dealkylation sites (tertiary alicyclic amines) is 1. The molecule has 1 aliphatic rings. The summed E-state index contributed by atoms with van der Waals surface area (Å²) < 4.78 is 0. The van der Waals surface area contributed by atoms with Gasteiger partial charge >= 0.3 is 0 Å². The maximum absolute atomic E-state index is 12.5. The normalized spacial score (nSPS) is 15.4. The second-order valence-electron chi connectivity index (χ2n) is 6.71. The second kappa shape index (κ2) is 7.01. The number of para-hydroxylation sites is 1. The number of piperidine rings is 1. The highest BCUT2D eigenvalue weighted by Gasteiger charge is 2.23. The molecule has 0 spiro atoms. The van der Waals surface area contributed by atoms with E-state index < -0.39 is 0 Å². The van der Waals surface area contributed by atoms with Gasteiger partial charge in [-0.1, -0.05) is 18.2 Å². The molecule has 4 rings (SSSR count). The monoisotopic (exact) mass is 331 g/mol. The number of amides is 1. The van der Waals surface area contributed by atoms with Crippen LogP contribution in [0.3, 0.4) is 0 Å². The fraction of sp³-hybridized carbons (Fsp3) is 0.286. The van der Waals surface area contributed by atoms with Gasteiger partial charge in [-0.05, 0) is 55.0 Å². The van der Waals surface area contributed by atoms with Crippen LogP contribution < -0.4 is 0 Å². The van der Waals surface area contributed by atoms with Crippen molar-refractivity contribution >= 4 is 16.8 Å². The van der Waals surface area contributed by atoms with Gasteiger partial charge in [0.15, 0.2) is 0 Å². The summed E-state index contributed by atoms with van der Waals surface area (Å²) in [7, 11) is 0. The van der Waals surface area contributed by atoms with E-state index in [1.54, 1.807) is 24.5 Å². The quantitative estimate of drug-likeness (QED) is 0.735. The number of hydrogen-bond acceptors (Lipinski definition) is 3. The number of fused-ring (bicyclic) bond motifs is 1. The van der Waals surface area contributed by atoms with Crippen LogP contribution in [0, 0.1) is 5.92 Å². The van der Waals surface area contributed by atoms with Crippen molar-refractivity contribution in [2.75, 3.05) is 13.1 Å². The van der Waals surface area contributed by atoms with Crippen molar-refractivity contribution in [2.24, 2.45) is 5.92 Å². The van der Waals surface area contributed by atoms with E-state index in [0.717, 1.165) is 43.4 Å². The van der Waals surface area contributed by atoms with Crippen LogP contribution in [0.2, 0.25) is 0 Å². The molecule has 1 saturated heterocycles. The first-order chi connectivity index (χ1) is 12.3. The summed E-state index contributed by atoms with van der Waals surface area (Å²) >= 11 is 0. The summed E-state index contributed by atoms with van der Waals surface area (Å²) in [6.07, 6.45) is 8.47. The number of carbonyl (C=O) groups excluding carboxylic acids is 1. The fourth-order valence-electron chi connectivity index (χ4n) is 3.58. The van der Waals surface area contributed by atoms with Gasteiger partial charge in [-0.15, -0.1) is 0 Å². The molecule has 4 heteroatoms. The van der Waals surface area contributed by atoms with E-state index in [9.17, 15) is 4.79 Å². The molecule has 25 heavy (non-hydrogen) atoms.